The highest BCUT2D eigenvalue weighted by molar-refractivity contribution is 5.80. The molecule has 1 aliphatic rings. The highest BCUT2D eigenvalue weighted by Gasteiger charge is 2.33. The van der Waals surface area contributed by atoms with Crippen molar-refractivity contribution in [3.63, 3.8) is 0 Å². The van der Waals surface area contributed by atoms with Gasteiger partial charge in [-0.2, -0.15) is 0 Å². The van der Waals surface area contributed by atoms with E-state index in [-0.39, 0.29) is 12.0 Å². The first-order valence-corrected chi connectivity index (χ1v) is 8.61. The second-order valence-corrected chi connectivity index (χ2v) is 7.65. The van der Waals surface area contributed by atoms with Crippen molar-refractivity contribution >= 4 is 12.1 Å². The van der Waals surface area contributed by atoms with Gasteiger partial charge in [0, 0.05) is 32.7 Å². The third kappa shape index (κ3) is 8.09. The predicted molar refractivity (Wildman–Crippen MR) is 94.7 cm³/mol. The van der Waals surface area contributed by atoms with Crippen LogP contribution in [-0.4, -0.2) is 55.3 Å². The lowest BCUT2D eigenvalue weighted by molar-refractivity contribution is 0.0279. The summed E-state index contributed by atoms with van der Waals surface area (Å²) in [6, 6.07) is 0.549. The number of guanidine groups is 1. The monoisotopic (exact) mass is 326 g/mol. The predicted octanol–water partition coefficient (Wildman–Crippen LogP) is 2.45. The molecule has 0 spiro atoms. The largest absolute Gasteiger partial charge is 0.444 e. The molecule has 6 nitrogen and oxygen atoms in total. The van der Waals surface area contributed by atoms with E-state index < -0.39 is 5.60 Å². The molecule has 1 amide bonds. The number of rotatable bonds is 6. The van der Waals surface area contributed by atoms with Gasteiger partial charge in [0.1, 0.15) is 5.60 Å². The van der Waals surface area contributed by atoms with Crippen LogP contribution in [0, 0.1) is 11.8 Å². The van der Waals surface area contributed by atoms with Gasteiger partial charge in [-0.1, -0.05) is 13.8 Å². The lowest BCUT2D eigenvalue weighted by Crippen LogP contribution is -2.40. The number of hydrogen-bond acceptors (Lipinski definition) is 3. The van der Waals surface area contributed by atoms with Crippen molar-refractivity contribution in [2.45, 2.75) is 59.6 Å². The van der Waals surface area contributed by atoms with Crippen molar-refractivity contribution in [3.05, 3.63) is 0 Å². The quantitative estimate of drug-likeness (QED) is 0.581. The van der Waals surface area contributed by atoms with Gasteiger partial charge in [0.25, 0.3) is 0 Å². The van der Waals surface area contributed by atoms with E-state index in [2.05, 4.69) is 36.4 Å². The molecular weight excluding hydrogens is 292 g/mol. The molecule has 1 aliphatic carbocycles. The van der Waals surface area contributed by atoms with Crippen molar-refractivity contribution < 1.29 is 9.53 Å². The van der Waals surface area contributed by atoms with E-state index >= 15 is 0 Å². The molecule has 0 saturated heterocycles. The zero-order valence-electron chi connectivity index (χ0n) is 15.8. The van der Waals surface area contributed by atoms with Gasteiger partial charge in [-0.05, 0) is 46.0 Å². The Labute approximate surface area is 141 Å². The first kappa shape index (κ1) is 19.6. The lowest BCUT2D eigenvalue weighted by Gasteiger charge is -2.26. The molecule has 3 unspecified atom stereocenters. The number of amides is 1. The number of aliphatic imine (C=N–C) groups is 1. The zero-order chi connectivity index (χ0) is 17.6. The minimum atomic E-state index is -0.462. The summed E-state index contributed by atoms with van der Waals surface area (Å²) in [6.07, 6.45) is 0.923. The molecule has 1 rings (SSSR count). The summed E-state index contributed by atoms with van der Waals surface area (Å²) in [6.45, 7) is 14.2. The van der Waals surface area contributed by atoms with E-state index in [0.29, 0.717) is 19.1 Å². The topological polar surface area (TPSA) is 66.0 Å². The van der Waals surface area contributed by atoms with Crippen LogP contribution >= 0.6 is 0 Å². The Balaban J connectivity index is 2.42. The highest BCUT2D eigenvalue weighted by Crippen LogP contribution is 2.28. The third-order valence-electron chi connectivity index (χ3n) is 3.63. The molecule has 0 heterocycles. The Bertz CT molecular complexity index is 417. The Morgan fingerprint density at radius 3 is 2.52 bits per heavy atom. The van der Waals surface area contributed by atoms with Gasteiger partial charge in [-0.15, -0.1) is 0 Å². The summed E-state index contributed by atoms with van der Waals surface area (Å²) in [5.41, 5.74) is -0.462. The van der Waals surface area contributed by atoms with Crippen LogP contribution in [0.4, 0.5) is 4.79 Å². The van der Waals surface area contributed by atoms with Gasteiger partial charge in [0.15, 0.2) is 5.96 Å². The molecule has 2 N–H and O–H groups in total. The average molecular weight is 326 g/mol. The molecule has 0 radical (unpaired) electrons. The summed E-state index contributed by atoms with van der Waals surface area (Å²) in [7, 11) is 1.77. The van der Waals surface area contributed by atoms with Crippen LogP contribution in [0.25, 0.3) is 0 Å². The van der Waals surface area contributed by atoms with E-state index in [0.717, 1.165) is 18.4 Å². The average Bonchev–Trinajstić information content (AvgIpc) is 3.09. The first-order chi connectivity index (χ1) is 10.6. The number of carbonyl (C=O) groups excluding carboxylic acids is 1. The van der Waals surface area contributed by atoms with Crippen molar-refractivity contribution in [1.29, 1.82) is 0 Å². The molecule has 0 aliphatic heterocycles. The second kappa shape index (κ2) is 8.41. The molecule has 6 heteroatoms. The molecule has 0 aromatic carbocycles. The minimum Gasteiger partial charge on any atom is -0.444 e. The number of hydrogen-bond donors (Lipinski definition) is 2. The molecule has 0 aromatic heterocycles. The van der Waals surface area contributed by atoms with Gasteiger partial charge in [-0.3, -0.25) is 4.99 Å². The molecule has 1 saturated carbocycles. The van der Waals surface area contributed by atoms with Crippen LogP contribution in [0.5, 0.6) is 0 Å². The van der Waals surface area contributed by atoms with Crippen LogP contribution in [0.2, 0.25) is 0 Å². The summed E-state index contributed by atoms with van der Waals surface area (Å²) in [5.74, 6) is 1.86. The van der Waals surface area contributed by atoms with E-state index in [1.54, 1.807) is 11.9 Å². The maximum atomic E-state index is 12.0. The second-order valence-electron chi connectivity index (χ2n) is 7.65. The number of carbonyl (C=O) groups is 1. The van der Waals surface area contributed by atoms with Gasteiger partial charge in [0.05, 0.1) is 0 Å². The van der Waals surface area contributed by atoms with E-state index in [1.165, 1.54) is 6.42 Å². The fourth-order valence-electron chi connectivity index (χ4n) is 2.21. The third-order valence-corrected chi connectivity index (χ3v) is 3.63. The Hall–Kier alpha value is -1.46. The van der Waals surface area contributed by atoms with Gasteiger partial charge in [-0.25, -0.2) is 4.79 Å². The maximum Gasteiger partial charge on any atom is 0.410 e. The Morgan fingerprint density at radius 2 is 2.04 bits per heavy atom. The number of ether oxygens (including phenoxy) is 1. The van der Waals surface area contributed by atoms with Crippen LogP contribution in [-0.2, 0) is 4.74 Å². The van der Waals surface area contributed by atoms with Crippen LogP contribution < -0.4 is 10.6 Å². The summed E-state index contributed by atoms with van der Waals surface area (Å²) < 4.78 is 5.36. The first-order valence-electron chi connectivity index (χ1n) is 8.61. The van der Waals surface area contributed by atoms with Crippen LogP contribution in [0.1, 0.15) is 48.0 Å². The standard InChI is InChI=1S/C17H34N4O2/c1-8-18-15(20-14-9-13(14)3)19-10-12(2)11-21(7)16(22)23-17(4,5)6/h12-14H,8-11H2,1-7H3,(H2,18,19,20). The SMILES string of the molecule is CCNC(=NCC(C)CN(C)C(=O)OC(C)(C)C)NC1CC1C. The Kier molecular flexibility index (Phi) is 7.16. The van der Waals surface area contributed by atoms with Crippen molar-refractivity contribution in [3.8, 4) is 0 Å². The van der Waals surface area contributed by atoms with E-state index in [4.69, 9.17) is 4.74 Å². The Morgan fingerprint density at radius 1 is 1.43 bits per heavy atom. The van der Waals surface area contributed by atoms with Crippen molar-refractivity contribution in [1.82, 2.24) is 15.5 Å². The fourth-order valence-corrected chi connectivity index (χ4v) is 2.21. The number of nitrogens with one attached hydrogen (secondary N) is 2. The minimum absolute atomic E-state index is 0.264. The molecule has 1 fully saturated rings. The molecular formula is C17H34N4O2. The van der Waals surface area contributed by atoms with Gasteiger partial charge in [0.2, 0.25) is 0 Å². The summed E-state index contributed by atoms with van der Waals surface area (Å²) >= 11 is 0. The lowest BCUT2D eigenvalue weighted by atomic mass is 10.2. The van der Waals surface area contributed by atoms with Gasteiger partial charge >= 0.3 is 6.09 Å². The maximum absolute atomic E-state index is 12.0. The summed E-state index contributed by atoms with van der Waals surface area (Å²) in [5, 5.41) is 6.71. The zero-order valence-corrected chi connectivity index (χ0v) is 15.8. The molecule has 0 aromatic rings. The molecule has 134 valence electrons. The normalized spacial score (nSPS) is 22.3. The number of nitrogens with zero attached hydrogens (tertiary/aromatic N) is 2. The smallest absolute Gasteiger partial charge is 0.410 e. The van der Waals surface area contributed by atoms with E-state index in [9.17, 15) is 4.79 Å². The van der Waals surface area contributed by atoms with Crippen LogP contribution in [0.15, 0.2) is 4.99 Å². The van der Waals surface area contributed by atoms with Crippen molar-refractivity contribution in [2.75, 3.05) is 26.7 Å². The van der Waals surface area contributed by atoms with E-state index in [1.807, 2.05) is 20.8 Å². The van der Waals surface area contributed by atoms with Crippen molar-refractivity contribution in [2.24, 2.45) is 16.8 Å². The summed E-state index contributed by atoms with van der Waals surface area (Å²) in [4.78, 5) is 18.2. The fraction of sp³-hybridized carbons (Fsp3) is 0.882. The molecule has 0 bridgehead atoms. The molecule has 23 heavy (non-hydrogen) atoms. The highest BCUT2D eigenvalue weighted by atomic mass is 16.6. The molecule has 3 atom stereocenters. The van der Waals surface area contributed by atoms with Gasteiger partial charge < -0.3 is 20.3 Å². The van der Waals surface area contributed by atoms with Crippen LogP contribution in [0.3, 0.4) is 0 Å².